The smallest absolute Gasteiger partial charge is 0.409 e. The maximum absolute atomic E-state index is 11.8. The summed E-state index contributed by atoms with van der Waals surface area (Å²) < 4.78 is 20.8. The topological polar surface area (TPSA) is 95.1 Å². The minimum atomic E-state index is -0.840. The Morgan fingerprint density at radius 2 is 1.62 bits per heavy atom. The molecule has 0 heterocycles. The van der Waals surface area contributed by atoms with Crippen molar-refractivity contribution < 1.29 is 28.5 Å². The molecule has 0 bridgehead atoms. The third-order valence-electron chi connectivity index (χ3n) is 3.35. The summed E-state index contributed by atoms with van der Waals surface area (Å²) in [6.45, 7) is 6.43. The SMILES string of the molecule is CCCCOc1cc(C(NC(=O)OCC)NC(=O)OCC)ccc1OC. The summed E-state index contributed by atoms with van der Waals surface area (Å²) in [6.07, 6.45) is -0.247. The molecule has 26 heavy (non-hydrogen) atoms. The average Bonchev–Trinajstić information content (AvgIpc) is 2.61. The van der Waals surface area contributed by atoms with Crippen LogP contribution >= 0.6 is 0 Å². The van der Waals surface area contributed by atoms with E-state index >= 15 is 0 Å². The van der Waals surface area contributed by atoms with Crippen LogP contribution in [0, 0.1) is 0 Å². The molecule has 8 nitrogen and oxygen atoms in total. The molecule has 0 saturated carbocycles. The molecule has 0 spiro atoms. The van der Waals surface area contributed by atoms with Crippen molar-refractivity contribution in [3.63, 3.8) is 0 Å². The van der Waals surface area contributed by atoms with Gasteiger partial charge in [-0.1, -0.05) is 19.4 Å². The second-order valence-corrected chi connectivity index (χ2v) is 5.27. The van der Waals surface area contributed by atoms with Gasteiger partial charge in [0, 0.05) is 0 Å². The molecule has 0 aliphatic heterocycles. The molecule has 2 N–H and O–H groups in total. The van der Waals surface area contributed by atoms with Gasteiger partial charge in [-0.25, -0.2) is 9.59 Å². The highest BCUT2D eigenvalue weighted by atomic mass is 16.6. The van der Waals surface area contributed by atoms with E-state index in [1.54, 1.807) is 39.2 Å². The molecule has 0 aromatic heterocycles. The Hall–Kier alpha value is -2.64. The molecule has 1 aromatic rings. The van der Waals surface area contributed by atoms with Crippen molar-refractivity contribution in [2.75, 3.05) is 26.9 Å². The lowest BCUT2D eigenvalue weighted by Gasteiger charge is -2.21. The van der Waals surface area contributed by atoms with Crippen LogP contribution in [0.1, 0.15) is 45.3 Å². The number of hydrogen-bond donors (Lipinski definition) is 2. The lowest BCUT2D eigenvalue weighted by molar-refractivity contribution is 0.135. The lowest BCUT2D eigenvalue weighted by Crippen LogP contribution is -2.41. The van der Waals surface area contributed by atoms with E-state index in [4.69, 9.17) is 18.9 Å². The first-order chi connectivity index (χ1) is 12.5. The molecule has 0 atom stereocenters. The fourth-order valence-electron chi connectivity index (χ4n) is 2.10. The van der Waals surface area contributed by atoms with Crippen molar-refractivity contribution in [1.29, 1.82) is 0 Å². The molecule has 8 heteroatoms. The summed E-state index contributed by atoms with van der Waals surface area (Å²) in [7, 11) is 1.55. The maximum Gasteiger partial charge on any atom is 0.409 e. The standard InChI is InChI=1S/C18H28N2O6/c1-5-8-11-26-15-12-13(9-10-14(15)23-4)16(19-17(21)24-6-2)20-18(22)25-7-3/h9-10,12,16H,5-8,11H2,1-4H3,(H,19,21)(H,20,22). The molecule has 2 amide bonds. The van der Waals surface area contributed by atoms with Gasteiger partial charge in [0.05, 0.1) is 26.9 Å². The van der Waals surface area contributed by atoms with Crippen LogP contribution in [0.5, 0.6) is 11.5 Å². The number of unbranched alkanes of at least 4 members (excludes halogenated alkanes) is 1. The van der Waals surface area contributed by atoms with Crippen molar-refractivity contribution in [2.24, 2.45) is 0 Å². The van der Waals surface area contributed by atoms with E-state index < -0.39 is 18.4 Å². The molecule has 146 valence electrons. The number of carbonyl (C=O) groups is 2. The maximum atomic E-state index is 11.8. The summed E-state index contributed by atoms with van der Waals surface area (Å²) in [4.78, 5) is 23.6. The fraction of sp³-hybridized carbons (Fsp3) is 0.556. The first-order valence-corrected chi connectivity index (χ1v) is 8.72. The van der Waals surface area contributed by atoms with Gasteiger partial charge in [-0.05, 0) is 38.0 Å². The summed E-state index contributed by atoms with van der Waals surface area (Å²) in [6, 6.07) is 5.13. The zero-order chi connectivity index (χ0) is 19.4. The number of rotatable bonds is 10. The van der Waals surface area contributed by atoms with Gasteiger partial charge in [-0.2, -0.15) is 0 Å². The van der Waals surface area contributed by atoms with Crippen LogP contribution in [0.25, 0.3) is 0 Å². The van der Waals surface area contributed by atoms with E-state index in [1.165, 1.54) is 0 Å². The molecular formula is C18H28N2O6. The number of alkyl carbamates (subject to hydrolysis) is 2. The number of carbonyl (C=O) groups excluding carboxylic acids is 2. The highest BCUT2D eigenvalue weighted by Crippen LogP contribution is 2.30. The van der Waals surface area contributed by atoms with Crippen molar-refractivity contribution in [3.05, 3.63) is 23.8 Å². The minimum absolute atomic E-state index is 0.214. The van der Waals surface area contributed by atoms with E-state index in [-0.39, 0.29) is 13.2 Å². The van der Waals surface area contributed by atoms with Gasteiger partial charge >= 0.3 is 12.2 Å². The third kappa shape index (κ3) is 7.08. The zero-order valence-corrected chi connectivity index (χ0v) is 15.8. The quantitative estimate of drug-likeness (QED) is 0.486. The van der Waals surface area contributed by atoms with Crippen LogP contribution in [-0.2, 0) is 9.47 Å². The molecule has 0 aliphatic rings. The van der Waals surface area contributed by atoms with Crippen molar-refractivity contribution in [1.82, 2.24) is 10.6 Å². The van der Waals surface area contributed by atoms with E-state index in [1.807, 2.05) is 0 Å². The van der Waals surface area contributed by atoms with E-state index in [9.17, 15) is 9.59 Å². The third-order valence-corrected chi connectivity index (χ3v) is 3.35. The Balaban J connectivity index is 3.03. The minimum Gasteiger partial charge on any atom is -0.493 e. The van der Waals surface area contributed by atoms with Gasteiger partial charge in [0.1, 0.15) is 6.17 Å². The first-order valence-electron chi connectivity index (χ1n) is 8.72. The van der Waals surface area contributed by atoms with Crippen molar-refractivity contribution >= 4 is 12.2 Å². The van der Waals surface area contributed by atoms with Gasteiger partial charge in [0.2, 0.25) is 0 Å². The van der Waals surface area contributed by atoms with E-state index in [2.05, 4.69) is 17.6 Å². The Morgan fingerprint density at radius 1 is 1.00 bits per heavy atom. The van der Waals surface area contributed by atoms with Crippen molar-refractivity contribution in [2.45, 2.75) is 39.8 Å². The van der Waals surface area contributed by atoms with E-state index in [0.717, 1.165) is 12.8 Å². The zero-order valence-electron chi connectivity index (χ0n) is 15.8. The van der Waals surface area contributed by atoms with Gasteiger partial charge in [0.25, 0.3) is 0 Å². The Morgan fingerprint density at radius 3 is 2.12 bits per heavy atom. The number of benzene rings is 1. The van der Waals surface area contributed by atoms with Crippen LogP contribution in [0.15, 0.2) is 18.2 Å². The molecule has 0 saturated heterocycles. The summed E-state index contributed by atoms with van der Waals surface area (Å²) in [5.74, 6) is 1.09. The van der Waals surface area contributed by atoms with E-state index in [0.29, 0.717) is 23.7 Å². The van der Waals surface area contributed by atoms with Crippen LogP contribution < -0.4 is 20.1 Å². The molecule has 0 fully saturated rings. The number of amides is 2. The summed E-state index contributed by atoms with van der Waals surface area (Å²) in [5, 5.41) is 5.17. The predicted octanol–water partition coefficient (Wildman–Crippen LogP) is 3.36. The molecule has 0 unspecified atom stereocenters. The highest BCUT2D eigenvalue weighted by Gasteiger charge is 2.20. The molecule has 1 rings (SSSR count). The van der Waals surface area contributed by atoms with Gasteiger partial charge < -0.3 is 18.9 Å². The monoisotopic (exact) mass is 368 g/mol. The average molecular weight is 368 g/mol. The number of ether oxygens (including phenoxy) is 4. The van der Waals surface area contributed by atoms with Crippen LogP contribution in [0.3, 0.4) is 0 Å². The number of hydrogen-bond acceptors (Lipinski definition) is 6. The Bertz CT molecular complexity index is 559. The molecule has 0 aliphatic carbocycles. The highest BCUT2D eigenvalue weighted by molar-refractivity contribution is 5.71. The van der Waals surface area contributed by atoms with Gasteiger partial charge in [-0.15, -0.1) is 0 Å². The van der Waals surface area contributed by atoms with Crippen LogP contribution in [-0.4, -0.2) is 39.1 Å². The lowest BCUT2D eigenvalue weighted by atomic mass is 10.1. The first kappa shape index (κ1) is 21.4. The summed E-state index contributed by atoms with van der Waals surface area (Å²) in [5.41, 5.74) is 0.596. The van der Waals surface area contributed by atoms with Crippen LogP contribution in [0.2, 0.25) is 0 Å². The van der Waals surface area contributed by atoms with Gasteiger partial charge in [0.15, 0.2) is 11.5 Å². The molecular weight excluding hydrogens is 340 g/mol. The Labute approximate surface area is 154 Å². The fourth-order valence-corrected chi connectivity index (χ4v) is 2.10. The molecule has 0 radical (unpaired) electrons. The predicted molar refractivity (Wildman–Crippen MR) is 96.5 cm³/mol. The second-order valence-electron chi connectivity index (χ2n) is 5.27. The van der Waals surface area contributed by atoms with Crippen LogP contribution in [0.4, 0.5) is 9.59 Å². The Kier molecular flexibility index (Phi) is 9.74. The van der Waals surface area contributed by atoms with Gasteiger partial charge in [-0.3, -0.25) is 10.6 Å². The van der Waals surface area contributed by atoms with Crippen molar-refractivity contribution in [3.8, 4) is 11.5 Å². The largest absolute Gasteiger partial charge is 0.493 e. The molecule has 1 aromatic carbocycles. The second kappa shape index (κ2) is 11.8. The number of nitrogens with one attached hydrogen (secondary N) is 2. The number of methoxy groups -OCH3 is 1. The normalized spacial score (nSPS) is 10.2. The summed E-state index contributed by atoms with van der Waals surface area (Å²) >= 11 is 0.